The molecule has 1 atom stereocenters. The maximum atomic E-state index is 13.2. The Morgan fingerprint density at radius 3 is 2.69 bits per heavy atom. The van der Waals surface area contributed by atoms with E-state index in [1.54, 1.807) is 12.5 Å². The Kier molecular flexibility index (Phi) is 4.78. The first-order valence-corrected chi connectivity index (χ1v) is 9.89. The van der Waals surface area contributed by atoms with E-state index in [0.717, 1.165) is 31.5 Å². The predicted octanol–water partition coefficient (Wildman–Crippen LogP) is 3.54. The van der Waals surface area contributed by atoms with E-state index in [1.165, 1.54) is 25.7 Å². The molecule has 1 saturated heterocycles. The fourth-order valence-corrected chi connectivity index (χ4v) is 4.30. The van der Waals surface area contributed by atoms with Gasteiger partial charge in [-0.25, -0.2) is 9.67 Å². The second kappa shape index (κ2) is 7.21. The highest BCUT2D eigenvalue weighted by Gasteiger charge is 2.33. The number of hydrogen-bond acceptors (Lipinski definition) is 4. The molecule has 7 nitrogen and oxygen atoms in total. The van der Waals surface area contributed by atoms with E-state index in [1.807, 2.05) is 14.1 Å². The lowest BCUT2D eigenvalue weighted by molar-refractivity contribution is 0.0593. The predicted molar refractivity (Wildman–Crippen MR) is 97.8 cm³/mol. The van der Waals surface area contributed by atoms with Crippen molar-refractivity contribution in [1.29, 1.82) is 0 Å². The van der Waals surface area contributed by atoms with Gasteiger partial charge in [0.2, 0.25) is 0 Å². The van der Waals surface area contributed by atoms with Crippen molar-refractivity contribution in [2.45, 2.75) is 76.9 Å². The van der Waals surface area contributed by atoms with E-state index in [2.05, 4.69) is 35.3 Å². The average Bonchev–Trinajstić information content (AvgIpc) is 3.41. The Morgan fingerprint density at radius 1 is 1.15 bits per heavy atom. The smallest absolute Gasteiger partial charge is 0.272 e. The van der Waals surface area contributed by atoms with Crippen molar-refractivity contribution in [3.8, 4) is 0 Å². The van der Waals surface area contributed by atoms with E-state index in [-0.39, 0.29) is 18.0 Å². The third kappa shape index (κ3) is 3.15. The van der Waals surface area contributed by atoms with Crippen LogP contribution in [-0.2, 0) is 0 Å². The monoisotopic (exact) mass is 356 g/mol. The molecule has 26 heavy (non-hydrogen) atoms. The molecule has 0 aromatic carbocycles. The highest BCUT2D eigenvalue weighted by molar-refractivity contribution is 5.92. The molecule has 2 aromatic rings. The molecule has 0 bridgehead atoms. The molecule has 4 rings (SSSR count). The van der Waals surface area contributed by atoms with Crippen LogP contribution in [0.4, 0.5) is 0 Å². The molecule has 2 aliphatic rings. The summed E-state index contributed by atoms with van der Waals surface area (Å²) in [7, 11) is 0. The number of carbonyl (C=O) groups is 1. The van der Waals surface area contributed by atoms with E-state index >= 15 is 0 Å². The van der Waals surface area contributed by atoms with Crippen LogP contribution in [0.25, 0.3) is 0 Å². The first-order valence-electron chi connectivity index (χ1n) is 9.89. The Hall–Kier alpha value is -2.18. The van der Waals surface area contributed by atoms with Crippen molar-refractivity contribution < 1.29 is 4.79 Å². The van der Waals surface area contributed by atoms with Crippen LogP contribution < -0.4 is 0 Å². The summed E-state index contributed by atoms with van der Waals surface area (Å²) in [4.78, 5) is 19.4. The fraction of sp³-hybridized carbons (Fsp3) is 0.684. The summed E-state index contributed by atoms with van der Waals surface area (Å²) in [5.41, 5.74) is 1.59. The van der Waals surface area contributed by atoms with Gasteiger partial charge in [-0.1, -0.05) is 18.1 Å². The minimum Gasteiger partial charge on any atom is -0.329 e. The summed E-state index contributed by atoms with van der Waals surface area (Å²) in [6, 6.07) is 0.705. The molecular formula is C19H28N6O. The first-order chi connectivity index (χ1) is 12.6. The van der Waals surface area contributed by atoms with Gasteiger partial charge >= 0.3 is 0 Å². The van der Waals surface area contributed by atoms with Gasteiger partial charge in [0.05, 0.1) is 30.8 Å². The standard InChI is InChI=1S/C19H28N6O/c1-14(2)24-13-20-11-18(24)19(26)23-10-6-5-9-17(23)16-12-25(22-21-16)15-7-3-4-8-15/h11-15,17H,3-10H2,1-2H3. The molecule has 2 fully saturated rings. The van der Waals surface area contributed by atoms with Gasteiger partial charge in [0.1, 0.15) is 11.4 Å². The van der Waals surface area contributed by atoms with Crippen LogP contribution in [0.15, 0.2) is 18.7 Å². The van der Waals surface area contributed by atoms with E-state index in [0.29, 0.717) is 11.7 Å². The van der Waals surface area contributed by atoms with Gasteiger partial charge in [-0.3, -0.25) is 4.79 Å². The molecule has 7 heteroatoms. The Labute approximate surface area is 154 Å². The largest absolute Gasteiger partial charge is 0.329 e. The number of likely N-dealkylation sites (tertiary alicyclic amines) is 1. The molecule has 1 amide bonds. The molecule has 0 N–H and O–H groups in total. The molecule has 1 saturated carbocycles. The van der Waals surface area contributed by atoms with Crippen molar-refractivity contribution in [2.24, 2.45) is 0 Å². The van der Waals surface area contributed by atoms with Gasteiger partial charge in [0, 0.05) is 12.6 Å². The van der Waals surface area contributed by atoms with Gasteiger partial charge in [-0.15, -0.1) is 5.10 Å². The molecule has 3 heterocycles. The molecule has 1 aliphatic heterocycles. The zero-order valence-corrected chi connectivity index (χ0v) is 15.7. The molecular weight excluding hydrogens is 328 g/mol. The van der Waals surface area contributed by atoms with Crippen molar-refractivity contribution >= 4 is 5.91 Å². The minimum atomic E-state index is 0.0157. The van der Waals surface area contributed by atoms with Crippen molar-refractivity contribution in [1.82, 2.24) is 29.4 Å². The van der Waals surface area contributed by atoms with Gasteiger partial charge in [0.25, 0.3) is 5.91 Å². The molecule has 140 valence electrons. The number of hydrogen-bond donors (Lipinski definition) is 0. The zero-order valence-electron chi connectivity index (χ0n) is 15.7. The fourth-order valence-electron chi connectivity index (χ4n) is 4.30. The highest BCUT2D eigenvalue weighted by atomic mass is 16.2. The lowest BCUT2D eigenvalue weighted by Gasteiger charge is -2.34. The van der Waals surface area contributed by atoms with Gasteiger partial charge in [-0.05, 0) is 46.0 Å². The maximum Gasteiger partial charge on any atom is 0.272 e. The number of piperidine rings is 1. The van der Waals surface area contributed by atoms with E-state index < -0.39 is 0 Å². The summed E-state index contributed by atoms with van der Waals surface area (Å²) in [5.74, 6) is 0.0521. The van der Waals surface area contributed by atoms with Crippen molar-refractivity contribution in [3.63, 3.8) is 0 Å². The topological polar surface area (TPSA) is 68.8 Å². The Balaban J connectivity index is 1.58. The Morgan fingerprint density at radius 2 is 1.92 bits per heavy atom. The summed E-state index contributed by atoms with van der Waals surface area (Å²) in [5, 5.41) is 8.84. The normalized spacial score (nSPS) is 21.7. The number of nitrogens with zero attached hydrogens (tertiary/aromatic N) is 6. The van der Waals surface area contributed by atoms with E-state index in [9.17, 15) is 4.79 Å². The SMILES string of the molecule is CC(C)n1cncc1C(=O)N1CCCCC1c1cn(C2CCCC2)nn1. The summed E-state index contributed by atoms with van der Waals surface area (Å²) in [6.07, 6.45) is 13.5. The molecule has 1 aliphatic carbocycles. The lowest BCUT2D eigenvalue weighted by atomic mass is 9.99. The number of carbonyl (C=O) groups excluding carboxylic acids is 1. The summed E-state index contributed by atoms with van der Waals surface area (Å²) >= 11 is 0. The quantitative estimate of drug-likeness (QED) is 0.840. The van der Waals surface area contributed by atoms with Crippen molar-refractivity contribution in [2.75, 3.05) is 6.54 Å². The van der Waals surface area contributed by atoms with Crippen LogP contribution in [0.2, 0.25) is 0 Å². The molecule has 1 unspecified atom stereocenters. The maximum absolute atomic E-state index is 13.2. The van der Waals surface area contributed by atoms with Crippen LogP contribution >= 0.6 is 0 Å². The number of amides is 1. The van der Waals surface area contributed by atoms with Gasteiger partial charge in [-0.2, -0.15) is 0 Å². The second-order valence-electron chi connectivity index (χ2n) is 7.85. The van der Waals surface area contributed by atoms with Crippen molar-refractivity contribution in [3.05, 3.63) is 30.1 Å². The second-order valence-corrected chi connectivity index (χ2v) is 7.85. The van der Waals surface area contributed by atoms with Crippen LogP contribution in [0, 0.1) is 0 Å². The minimum absolute atomic E-state index is 0.0157. The average molecular weight is 356 g/mol. The third-order valence-corrected chi connectivity index (χ3v) is 5.77. The number of imidazole rings is 1. The molecule has 0 radical (unpaired) electrons. The summed E-state index contributed by atoms with van der Waals surface area (Å²) < 4.78 is 3.97. The van der Waals surface area contributed by atoms with E-state index in [4.69, 9.17) is 0 Å². The van der Waals surface area contributed by atoms with Crippen LogP contribution in [0.5, 0.6) is 0 Å². The van der Waals surface area contributed by atoms with Gasteiger partial charge in [0.15, 0.2) is 0 Å². The molecule has 2 aromatic heterocycles. The highest BCUT2D eigenvalue weighted by Crippen LogP contribution is 2.33. The Bertz CT molecular complexity index is 758. The van der Waals surface area contributed by atoms with Gasteiger partial charge < -0.3 is 9.47 Å². The van der Waals surface area contributed by atoms with Crippen LogP contribution in [0.3, 0.4) is 0 Å². The van der Waals surface area contributed by atoms with Crippen LogP contribution in [0.1, 0.15) is 93.1 Å². The molecule has 0 spiro atoms. The third-order valence-electron chi connectivity index (χ3n) is 5.77. The number of rotatable bonds is 4. The lowest BCUT2D eigenvalue weighted by Crippen LogP contribution is -2.39. The first kappa shape index (κ1) is 17.2. The number of aromatic nitrogens is 5. The zero-order chi connectivity index (χ0) is 18.1. The van der Waals surface area contributed by atoms with Crippen LogP contribution in [-0.4, -0.2) is 41.9 Å². The summed E-state index contributed by atoms with van der Waals surface area (Å²) in [6.45, 7) is 4.90.